The molecule has 1 aromatic carbocycles. The minimum absolute atomic E-state index is 0.343. The van der Waals surface area contributed by atoms with Crippen LogP contribution in [0.15, 0.2) is 43.0 Å². The molecule has 0 amide bonds. The SMILES string of the molecule is C=CCCCC(NC)C1(c2ccccc2)CCCCC1. The first-order valence-electron chi connectivity index (χ1n) is 8.17. The summed E-state index contributed by atoms with van der Waals surface area (Å²) in [6, 6.07) is 11.8. The average molecular weight is 271 g/mol. The van der Waals surface area contributed by atoms with Crippen molar-refractivity contribution in [2.24, 2.45) is 0 Å². The molecule has 0 saturated heterocycles. The second-order valence-corrected chi connectivity index (χ2v) is 6.14. The molecular weight excluding hydrogens is 242 g/mol. The van der Waals surface area contributed by atoms with Crippen LogP contribution in [-0.4, -0.2) is 13.1 Å². The Kier molecular flexibility index (Phi) is 5.85. The smallest absolute Gasteiger partial charge is 0.0161 e. The number of benzene rings is 1. The Labute approximate surface area is 124 Å². The van der Waals surface area contributed by atoms with Crippen molar-refractivity contribution in [3.05, 3.63) is 48.6 Å². The van der Waals surface area contributed by atoms with E-state index in [1.807, 2.05) is 6.08 Å². The van der Waals surface area contributed by atoms with Gasteiger partial charge in [0.25, 0.3) is 0 Å². The first-order chi connectivity index (χ1) is 9.83. The first kappa shape index (κ1) is 15.3. The molecule has 1 atom stereocenters. The fourth-order valence-electron chi connectivity index (χ4n) is 3.95. The van der Waals surface area contributed by atoms with Crippen LogP contribution >= 0.6 is 0 Å². The van der Waals surface area contributed by atoms with Crippen LogP contribution in [-0.2, 0) is 5.41 Å². The van der Waals surface area contributed by atoms with Gasteiger partial charge >= 0.3 is 0 Å². The van der Waals surface area contributed by atoms with Gasteiger partial charge in [0.05, 0.1) is 0 Å². The van der Waals surface area contributed by atoms with E-state index < -0.39 is 0 Å². The predicted molar refractivity (Wildman–Crippen MR) is 88.1 cm³/mol. The van der Waals surface area contributed by atoms with Gasteiger partial charge in [0.15, 0.2) is 0 Å². The normalized spacial score (nSPS) is 19.4. The molecular formula is C19H29N. The van der Waals surface area contributed by atoms with Gasteiger partial charge in [-0.25, -0.2) is 0 Å². The number of unbranched alkanes of at least 4 members (excludes halogenated alkanes) is 1. The fourth-order valence-corrected chi connectivity index (χ4v) is 3.95. The minimum atomic E-state index is 0.343. The Hall–Kier alpha value is -1.08. The summed E-state index contributed by atoms with van der Waals surface area (Å²) in [5, 5.41) is 3.64. The molecule has 1 aliphatic rings. The maximum Gasteiger partial charge on any atom is 0.0161 e. The van der Waals surface area contributed by atoms with E-state index in [0.29, 0.717) is 11.5 Å². The van der Waals surface area contributed by atoms with Crippen LogP contribution in [0.4, 0.5) is 0 Å². The zero-order chi connectivity index (χ0) is 14.3. The van der Waals surface area contributed by atoms with Crippen LogP contribution in [0, 0.1) is 0 Å². The van der Waals surface area contributed by atoms with Crippen molar-refractivity contribution in [2.45, 2.75) is 62.8 Å². The van der Waals surface area contributed by atoms with E-state index in [2.05, 4.69) is 49.3 Å². The minimum Gasteiger partial charge on any atom is -0.316 e. The van der Waals surface area contributed by atoms with Crippen molar-refractivity contribution in [3.63, 3.8) is 0 Å². The molecule has 2 rings (SSSR count). The Balaban J connectivity index is 2.23. The van der Waals surface area contributed by atoms with Gasteiger partial charge in [-0.3, -0.25) is 0 Å². The van der Waals surface area contributed by atoms with E-state index in [-0.39, 0.29) is 0 Å². The highest BCUT2D eigenvalue weighted by atomic mass is 14.9. The van der Waals surface area contributed by atoms with Gasteiger partial charge in [0.1, 0.15) is 0 Å². The highest BCUT2D eigenvalue weighted by Gasteiger charge is 2.39. The molecule has 0 bridgehead atoms. The van der Waals surface area contributed by atoms with Gasteiger partial charge in [-0.05, 0) is 44.7 Å². The molecule has 0 spiro atoms. The molecule has 20 heavy (non-hydrogen) atoms. The van der Waals surface area contributed by atoms with Gasteiger partial charge in [0.2, 0.25) is 0 Å². The zero-order valence-electron chi connectivity index (χ0n) is 12.9. The number of likely N-dealkylation sites (N-methyl/N-ethyl adjacent to an activating group) is 1. The summed E-state index contributed by atoms with van der Waals surface area (Å²) in [5.74, 6) is 0. The second kappa shape index (κ2) is 7.64. The molecule has 1 N–H and O–H groups in total. The summed E-state index contributed by atoms with van der Waals surface area (Å²) in [6.07, 6.45) is 12.5. The van der Waals surface area contributed by atoms with Crippen molar-refractivity contribution in [1.29, 1.82) is 0 Å². The number of allylic oxidation sites excluding steroid dienone is 1. The fraction of sp³-hybridized carbons (Fsp3) is 0.579. The summed E-state index contributed by atoms with van der Waals surface area (Å²) in [4.78, 5) is 0. The number of hydrogen-bond acceptors (Lipinski definition) is 1. The summed E-state index contributed by atoms with van der Waals surface area (Å²) >= 11 is 0. The molecule has 0 heterocycles. The molecule has 1 fully saturated rings. The lowest BCUT2D eigenvalue weighted by molar-refractivity contribution is 0.209. The third-order valence-corrected chi connectivity index (χ3v) is 5.01. The van der Waals surface area contributed by atoms with Crippen LogP contribution in [0.5, 0.6) is 0 Å². The third-order valence-electron chi connectivity index (χ3n) is 5.01. The van der Waals surface area contributed by atoms with Crippen molar-refractivity contribution in [2.75, 3.05) is 7.05 Å². The lowest BCUT2D eigenvalue weighted by Crippen LogP contribution is -2.48. The largest absolute Gasteiger partial charge is 0.316 e. The van der Waals surface area contributed by atoms with Crippen molar-refractivity contribution in [1.82, 2.24) is 5.32 Å². The highest BCUT2D eigenvalue weighted by molar-refractivity contribution is 5.28. The molecule has 1 unspecified atom stereocenters. The van der Waals surface area contributed by atoms with E-state index in [9.17, 15) is 0 Å². The zero-order valence-corrected chi connectivity index (χ0v) is 12.9. The standard InChI is InChI=1S/C19H29N/c1-3-4-7-14-18(20-2)19(15-10-6-11-16-19)17-12-8-5-9-13-17/h3,5,8-9,12-13,18,20H,1,4,6-7,10-11,14-16H2,2H3. The lowest BCUT2D eigenvalue weighted by Gasteiger charge is -2.44. The molecule has 110 valence electrons. The summed E-state index contributed by atoms with van der Waals surface area (Å²) in [6.45, 7) is 3.85. The van der Waals surface area contributed by atoms with Gasteiger partial charge in [-0.15, -0.1) is 6.58 Å². The molecule has 1 aliphatic carbocycles. The van der Waals surface area contributed by atoms with Gasteiger partial charge in [-0.1, -0.05) is 55.7 Å². The number of hydrogen-bond donors (Lipinski definition) is 1. The molecule has 1 nitrogen and oxygen atoms in total. The molecule has 1 heteroatoms. The third kappa shape index (κ3) is 3.32. The lowest BCUT2D eigenvalue weighted by atomic mass is 9.64. The average Bonchev–Trinajstić information content (AvgIpc) is 2.53. The monoisotopic (exact) mass is 271 g/mol. The van der Waals surface area contributed by atoms with E-state index in [4.69, 9.17) is 0 Å². The van der Waals surface area contributed by atoms with Crippen LogP contribution in [0.1, 0.15) is 56.9 Å². The van der Waals surface area contributed by atoms with Crippen molar-refractivity contribution < 1.29 is 0 Å². The van der Waals surface area contributed by atoms with E-state index in [1.54, 1.807) is 0 Å². The van der Waals surface area contributed by atoms with Gasteiger partial charge in [0, 0.05) is 11.5 Å². The van der Waals surface area contributed by atoms with Gasteiger partial charge in [-0.2, -0.15) is 0 Å². The molecule has 0 aliphatic heterocycles. The Morgan fingerprint density at radius 1 is 1.20 bits per heavy atom. The van der Waals surface area contributed by atoms with Crippen LogP contribution in [0.2, 0.25) is 0 Å². The number of nitrogens with one attached hydrogen (secondary N) is 1. The van der Waals surface area contributed by atoms with Gasteiger partial charge < -0.3 is 5.32 Å². The Bertz CT molecular complexity index is 389. The second-order valence-electron chi connectivity index (χ2n) is 6.14. The maximum atomic E-state index is 3.85. The molecule has 1 saturated carbocycles. The molecule has 0 aromatic heterocycles. The van der Waals surface area contributed by atoms with Crippen LogP contribution in [0.25, 0.3) is 0 Å². The predicted octanol–water partition coefficient (Wildman–Crippen LogP) is 4.83. The van der Waals surface area contributed by atoms with E-state index >= 15 is 0 Å². The van der Waals surface area contributed by atoms with Crippen molar-refractivity contribution in [3.8, 4) is 0 Å². The first-order valence-corrected chi connectivity index (χ1v) is 8.17. The maximum absolute atomic E-state index is 3.85. The summed E-state index contributed by atoms with van der Waals surface area (Å²) < 4.78 is 0. The highest BCUT2D eigenvalue weighted by Crippen LogP contribution is 2.43. The molecule has 0 radical (unpaired) electrons. The van der Waals surface area contributed by atoms with Crippen LogP contribution in [0.3, 0.4) is 0 Å². The molecule has 1 aromatic rings. The number of rotatable bonds is 7. The Morgan fingerprint density at radius 2 is 1.90 bits per heavy atom. The summed E-state index contributed by atoms with van der Waals surface area (Å²) in [5.41, 5.74) is 1.88. The Morgan fingerprint density at radius 3 is 2.50 bits per heavy atom. The topological polar surface area (TPSA) is 12.0 Å². The van der Waals surface area contributed by atoms with E-state index in [0.717, 1.165) is 6.42 Å². The van der Waals surface area contributed by atoms with E-state index in [1.165, 1.54) is 50.5 Å². The van der Waals surface area contributed by atoms with Crippen LogP contribution < -0.4 is 5.32 Å². The summed E-state index contributed by atoms with van der Waals surface area (Å²) in [7, 11) is 2.14. The van der Waals surface area contributed by atoms with Crippen molar-refractivity contribution >= 4 is 0 Å². The quantitative estimate of drug-likeness (QED) is 0.553.